The van der Waals surface area contributed by atoms with Gasteiger partial charge in [0.2, 0.25) is 0 Å². The number of hydrogen-bond donors (Lipinski definition) is 2. The molecule has 1 aromatic carbocycles. The number of benzene rings is 1. The highest BCUT2D eigenvalue weighted by Crippen LogP contribution is 2.46. The van der Waals surface area contributed by atoms with E-state index in [0.717, 1.165) is 43.9 Å². The third-order valence-electron chi connectivity index (χ3n) is 7.48. The van der Waals surface area contributed by atoms with Crippen LogP contribution in [0.2, 0.25) is 0 Å². The fourth-order valence-corrected chi connectivity index (χ4v) is 5.61. The number of fused-ring (bicyclic) bond motifs is 1. The molecule has 1 saturated carbocycles. The number of carbonyl (C=O) groups is 1. The number of nitrogens with zero attached hydrogens (tertiary/aromatic N) is 3. The summed E-state index contributed by atoms with van der Waals surface area (Å²) in [4.78, 5) is 21.6. The number of hydroxylamine groups is 1. The lowest BCUT2D eigenvalue weighted by Crippen LogP contribution is -2.61. The molecule has 2 aromatic rings. The van der Waals surface area contributed by atoms with E-state index in [1.165, 1.54) is 37.7 Å². The first kappa shape index (κ1) is 19.7. The summed E-state index contributed by atoms with van der Waals surface area (Å²) in [5.74, 6) is -0.495. The van der Waals surface area contributed by atoms with Gasteiger partial charge in [-0.15, -0.1) is 0 Å². The lowest BCUT2D eigenvalue weighted by atomic mass is 9.68. The summed E-state index contributed by atoms with van der Waals surface area (Å²) in [6, 6.07) is 13.4. The molecule has 1 amide bonds. The Labute approximate surface area is 177 Å². The molecule has 1 saturated heterocycles. The fourth-order valence-electron chi connectivity index (χ4n) is 5.61. The molecule has 6 heteroatoms. The Kier molecular flexibility index (Phi) is 5.31. The van der Waals surface area contributed by atoms with Crippen LogP contribution in [-0.2, 0) is 19.5 Å². The number of aromatic nitrogens is 1. The lowest BCUT2D eigenvalue weighted by Gasteiger charge is -2.57. The molecular formula is C24H30N4O2. The van der Waals surface area contributed by atoms with Gasteiger partial charge in [0.1, 0.15) is 0 Å². The number of pyridine rings is 1. The van der Waals surface area contributed by atoms with Gasteiger partial charge < -0.3 is 0 Å². The summed E-state index contributed by atoms with van der Waals surface area (Å²) >= 11 is 0. The van der Waals surface area contributed by atoms with Crippen LogP contribution in [0.1, 0.15) is 59.3 Å². The maximum Gasteiger partial charge on any atom is 0.276 e. The average Bonchev–Trinajstić information content (AvgIpc) is 2.77. The number of amides is 1. The zero-order valence-corrected chi connectivity index (χ0v) is 17.4. The van der Waals surface area contributed by atoms with Crippen molar-refractivity contribution >= 4 is 5.91 Å². The summed E-state index contributed by atoms with van der Waals surface area (Å²) < 4.78 is 0. The smallest absolute Gasteiger partial charge is 0.276 e. The molecule has 158 valence electrons. The molecule has 2 aliphatic heterocycles. The quantitative estimate of drug-likeness (QED) is 0.603. The number of hydrogen-bond acceptors (Lipinski definition) is 5. The topological polar surface area (TPSA) is 68.7 Å². The Balaban J connectivity index is 1.27. The molecule has 1 aromatic heterocycles. The molecule has 0 unspecified atom stereocenters. The van der Waals surface area contributed by atoms with Crippen molar-refractivity contribution in [2.45, 2.75) is 63.2 Å². The van der Waals surface area contributed by atoms with Gasteiger partial charge in [0.05, 0.1) is 11.3 Å². The zero-order chi connectivity index (χ0) is 20.6. The minimum atomic E-state index is -0.495. The fraction of sp³-hybridized carbons (Fsp3) is 0.500. The molecule has 0 bridgehead atoms. The van der Waals surface area contributed by atoms with Gasteiger partial charge in [-0.1, -0.05) is 30.3 Å². The Morgan fingerprint density at radius 3 is 2.80 bits per heavy atom. The number of piperidine rings is 1. The van der Waals surface area contributed by atoms with Crippen molar-refractivity contribution in [2.75, 3.05) is 13.1 Å². The highest BCUT2D eigenvalue weighted by molar-refractivity contribution is 5.93. The summed E-state index contributed by atoms with van der Waals surface area (Å²) in [7, 11) is 0. The van der Waals surface area contributed by atoms with Crippen molar-refractivity contribution in [3.05, 3.63) is 65.0 Å². The first-order chi connectivity index (χ1) is 14.7. The molecule has 1 atom stereocenters. The van der Waals surface area contributed by atoms with Gasteiger partial charge in [0.15, 0.2) is 0 Å². The molecule has 2 fully saturated rings. The predicted octanol–water partition coefficient (Wildman–Crippen LogP) is 3.15. The van der Waals surface area contributed by atoms with Crippen LogP contribution in [-0.4, -0.2) is 50.6 Å². The van der Waals surface area contributed by atoms with Gasteiger partial charge in [0.25, 0.3) is 5.91 Å². The number of rotatable bonds is 4. The Hall–Kier alpha value is -2.28. The summed E-state index contributed by atoms with van der Waals surface area (Å²) in [6.07, 6.45) is 8.92. The minimum absolute atomic E-state index is 0.371. The van der Waals surface area contributed by atoms with E-state index in [-0.39, 0.29) is 0 Å². The van der Waals surface area contributed by atoms with Crippen LogP contribution in [0.4, 0.5) is 0 Å². The summed E-state index contributed by atoms with van der Waals surface area (Å²) in [5.41, 5.74) is 6.12. The second kappa shape index (κ2) is 8.10. The Morgan fingerprint density at radius 1 is 1.23 bits per heavy atom. The van der Waals surface area contributed by atoms with Gasteiger partial charge in [0, 0.05) is 44.0 Å². The highest BCUT2D eigenvalue weighted by Gasteiger charge is 2.47. The minimum Gasteiger partial charge on any atom is -0.294 e. The molecule has 3 heterocycles. The zero-order valence-electron chi connectivity index (χ0n) is 17.4. The highest BCUT2D eigenvalue weighted by atomic mass is 16.5. The summed E-state index contributed by atoms with van der Waals surface area (Å²) in [6.45, 7) is 4.09. The van der Waals surface area contributed by atoms with Crippen LogP contribution in [0.3, 0.4) is 0 Å². The maximum atomic E-state index is 11.7. The van der Waals surface area contributed by atoms with Crippen LogP contribution >= 0.6 is 0 Å². The van der Waals surface area contributed by atoms with Crippen LogP contribution in [0, 0.1) is 0 Å². The predicted molar refractivity (Wildman–Crippen MR) is 114 cm³/mol. The van der Waals surface area contributed by atoms with Crippen molar-refractivity contribution in [1.29, 1.82) is 0 Å². The second-order valence-corrected chi connectivity index (χ2v) is 9.12. The first-order valence-electron chi connectivity index (χ1n) is 11.1. The lowest BCUT2D eigenvalue weighted by molar-refractivity contribution is -0.0591. The normalized spacial score (nSPS) is 23.6. The average molecular weight is 407 g/mol. The molecular weight excluding hydrogens is 376 g/mol. The third-order valence-corrected chi connectivity index (χ3v) is 7.48. The SMILES string of the molecule is O=C(NO)c1cnc2c(c1)CCN([C@H]1CCN(Cc3ccccc3)C3(CCC3)C1)C2. The van der Waals surface area contributed by atoms with E-state index in [4.69, 9.17) is 5.21 Å². The largest absolute Gasteiger partial charge is 0.294 e. The van der Waals surface area contributed by atoms with E-state index >= 15 is 0 Å². The third kappa shape index (κ3) is 3.64. The van der Waals surface area contributed by atoms with Crippen LogP contribution in [0.15, 0.2) is 42.6 Å². The van der Waals surface area contributed by atoms with Crippen LogP contribution < -0.4 is 5.48 Å². The summed E-state index contributed by atoms with van der Waals surface area (Å²) in [5, 5.41) is 8.86. The molecule has 5 rings (SSSR count). The van der Waals surface area contributed by atoms with Crippen molar-refractivity contribution in [3.8, 4) is 0 Å². The monoisotopic (exact) mass is 406 g/mol. The van der Waals surface area contributed by atoms with Crippen LogP contribution in [0.25, 0.3) is 0 Å². The van der Waals surface area contributed by atoms with Gasteiger partial charge >= 0.3 is 0 Å². The standard InChI is InChI=1S/C24H30N4O2/c29-23(26-30)20-13-19-7-11-27(17-22(19)25-15-20)21-8-12-28(24(14-21)9-4-10-24)16-18-5-2-1-3-6-18/h1-3,5-6,13,15,21,30H,4,7-12,14,16-17H2,(H,26,29)/t21-/m0/s1. The van der Waals surface area contributed by atoms with E-state index in [0.29, 0.717) is 17.1 Å². The maximum absolute atomic E-state index is 11.7. The molecule has 2 N–H and O–H groups in total. The number of nitrogens with one attached hydrogen (secondary N) is 1. The number of carbonyl (C=O) groups excluding carboxylic acids is 1. The van der Waals surface area contributed by atoms with Crippen molar-refractivity contribution < 1.29 is 10.0 Å². The Morgan fingerprint density at radius 2 is 2.07 bits per heavy atom. The molecule has 1 aliphatic carbocycles. The molecule has 6 nitrogen and oxygen atoms in total. The van der Waals surface area contributed by atoms with E-state index in [1.807, 2.05) is 6.07 Å². The van der Waals surface area contributed by atoms with Gasteiger partial charge in [-0.2, -0.15) is 0 Å². The first-order valence-corrected chi connectivity index (χ1v) is 11.1. The van der Waals surface area contributed by atoms with E-state index < -0.39 is 5.91 Å². The van der Waals surface area contributed by atoms with E-state index in [9.17, 15) is 4.79 Å². The van der Waals surface area contributed by atoms with E-state index in [2.05, 4.69) is 45.1 Å². The van der Waals surface area contributed by atoms with Crippen molar-refractivity contribution in [1.82, 2.24) is 20.3 Å². The van der Waals surface area contributed by atoms with Crippen molar-refractivity contribution in [3.63, 3.8) is 0 Å². The Bertz CT molecular complexity index is 913. The second-order valence-electron chi connectivity index (χ2n) is 9.12. The molecule has 1 spiro atoms. The van der Waals surface area contributed by atoms with Gasteiger partial charge in [-0.25, -0.2) is 5.48 Å². The molecule has 3 aliphatic rings. The molecule has 30 heavy (non-hydrogen) atoms. The van der Waals surface area contributed by atoms with E-state index in [1.54, 1.807) is 11.7 Å². The van der Waals surface area contributed by atoms with Crippen LogP contribution in [0.5, 0.6) is 0 Å². The van der Waals surface area contributed by atoms with Gasteiger partial charge in [-0.05, 0) is 55.7 Å². The van der Waals surface area contributed by atoms with Crippen molar-refractivity contribution in [2.24, 2.45) is 0 Å². The van der Waals surface area contributed by atoms with Gasteiger partial charge in [-0.3, -0.25) is 24.8 Å². The number of likely N-dealkylation sites (tertiary alicyclic amines) is 1. The molecule has 0 radical (unpaired) electrons.